The normalized spacial score (nSPS) is 16.9. The molecular formula is C9H19NO5. The number of aliphatic hydroxyl groups is 4. The van der Waals surface area contributed by atoms with Gasteiger partial charge in [0.25, 0.3) is 0 Å². The molecule has 0 saturated heterocycles. The third kappa shape index (κ3) is 5.68. The summed E-state index contributed by atoms with van der Waals surface area (Å²) >= 11 is 0. The molecule has 0 aromatic rings. The van der Waals surface area contributed by atoms with Gasteiger partial charge >= 0.3 is 0 Å². The Labute approximate surface area is 88.5 Å². The fourth-order valence-corrected chi connectivity index (χ4v) is 1.02. The molecule has 6 heteroatoms. The molecule has 0 bridgehead atoms. The van der Waals surface area contributed by atoms with Crippen molar-refractivity contribution in [2.24, 2.45) is 0 Å². The lowest BCUT2D eigenvalue weighted by Crippen LogP contribution is -2.41. The first-order valence-corrected chi connectivity index (χ1v) is 4.94. The Morgan fingerprint density at radius 3 is 2.33 bits per heavy atom. The summed E-state index contributed by atoms with van der Waals surface area (Å²) in [5, 5.41) is 38.6. The Morgan fingerprint density at radius 1 is 1.27 bits per heavy atom. The van der Waals surface area contributed by atoms with Gasteiger partial charge in [-0.25, -0.2) is 0 Å². The first-order chi connectivity index (χ1) is 7.02. The van der Waals surface area contributed by atoms with Crippen molar-refractivity contribution in [1.82, 2.24) is 5.32 Å². The van der Waals surface area contributed by atoms with E-state index in [9.17, 15) is 15.0 Å². The van der Waals surface area contributed by atoms with Gasteiger partial charge < -0.3 is 25.7 Å². The van der Waals surface area contributed by atoms with Crippen LogP contribution in [0.25, 0.3) is 0 Å². The van der Waals surface area contributed by atoms with E-state index in [1.807, 2.05) is 0 Å². The van der Waals surface area contributed by atoms with Crippen LogP contribution in [0.3, 0.4) is 0 Å². The molecule has 0 rings (SSSR count). The van der Waals surface area contributed by atoms with E-state index < -0.39 is 24.9 Å². The summed E-state index contributed by atoms with van der Waals surface area (Å²) in [6, 6.07) is 0. The lowest BCUT2D eigenvalue weighted by atomic mass is 10.1. The lowest BCUT2D eigenvalue weighted by Gasteiger charge is -2.21. The van der Waals surface area contributed by atoms with E-state index in [0.717, 1.165) is 0 Å². The summed E-state index contributed by atoms with van der Waals surface area (Å²) < 4.78 is 0. The summed E-state index contributed by atoms with van der Waals surface area (Å²) in [5.41, 5.74) is 0. The van der Waals surface area contributed by atoms with Gasteiger partial charge in [0.2, 0.25) is 5.91 Å². The van der Waals surface area contributed by atoms with E-state index in [1.54, 1.807) is 6.92 Å². The lowest BCUT2D eigenvalue weighted by molar-refractivity contribution is -0.121. The molecular weight excluding hydrogens is 202 g/mol. The Kier molecular flexibility index (Phi) is 7.23. The monoisotopic (exact) mass is 221 g/mol. The van der Waals surface area contributed by atoms with Crippen molar-refractivity contribution in [3.63, 3.8) is 0 Å². The van der Waals surface area contributed by atoms with Crippen LogP contribution in [0.4, 0.5) is 0 Å². The van der Waals surface area contributed by atoms with E-state index in [1.165, 1.54) is 0 Å². The molecule has 90 valence electrons. The second-order valence-corrected chi connectivity index (χ2v) is 3.30. The first-order valence-electron chi connectivity index (χ1n) is 4.94. The number of nitrogens with one attached hydrogen (secondary N) is 1. The summed E-state index contributed by atoms with van der Waals surface area (Å²) in [6.45, 7) is 1.32. The fraction of sp³-hybridized carbons (Fsp3) is 0.889. The van der Waals surface area contributed by atoms with Gasteiger partial charge in [0, 0.05) is 13.0 Å². The Hall–Kier alpha value is -0.690. The average Bonchev–Trinajstić information content (AvgIpc) is 2.26. The minimum absolute atomic E-state index is 0.129. The quantitative estimate of drug-likeness (QED) is 0.341. The van der Waals surface area contributed by atoms with Crippen molar-refractivity contribution in [3.8, 4) is 0 Å². The molecule has 0 radical (unpaired) electrons. The zero-order chi connectivity index (χ0) is 11.8. The zero-order valence-electron chi connectivity index (χ0n) is 8.76. The van der Waals surface area contributed by atoms with Crippen LogP contribution >= 0.6 is 0 Å². The van der Waals surface area contributed by atoms with Gasteiger partial charge in [0.05, 0.1) is 12.7 Å². The Bertz CT molecular complexity index is 187. The van der Waals surface area contributed by atoms with Crippen LogP contribution in [0.5, 0.6) is 0 Å². The molecule has 0 saturated carbocycles. The van der Waals surface area contributed by atoms with Gasteiger partial charge in [-0.2, -0.15) is 0 Å². The predicted molar refractivity (Wildman–Crippen MR) is 53.0 cm³/mol. The molecule has 0 aliphatic carbocycles. The second-order valence-electron chi connectivity index (χ2n) is 3.30. The van der Waals surface area contributed by atoms with Gasteiger partial charge in [-0.15, -0.1) is 0 Å². The highest BCUT2D eigenvalue weighted by Crippen LogP contribution is 2.03. The third-order valence-corrected chi connectivity index (χ3v) is 2.06. The predicted octanol–water partition coefficient (Wildman–Crippen LogP) is -2.02. The van der Waals surface area contributed by atoms with Gasteiger partial charge in [0.1, 0.15) is 12.2 Å². The standard InChI is InChI=1S/C9H19NO5/c1-2-8(14)10-4-3-6(12)9(15)7(13)5-11/h6-7,9,11-13,15H,2-5H2,1H3,(H,10,14)/t6-,7-,9+/m1/s1. The topological polar surface area (TPSA) is 110 Å². The number of rotatable bonds is 7. The molecule has 0 aromatic heterocycles. The number of aliphatic hydroxyl groups excluding tert-OH is 4. The molecule has 0 aliphatic heterocycles. The fourth-order valence-electron chi connectivity index (χ4n) is 1.02. The van der Waals surface area contributed by atoms with Gasteiger partial charge in [-0.3, -0.25) is 4.79 Å². The van der Waals surface area contributed by atoms with Crippen molar-refractivity contribution < 1.29 is 25.2 Å². The molecule has 5 N–H and O–H groups in total. The van der Waals surface area contributed by atoms with Crippen LogP contribution < -0.4 is 5.32 Å². The maximum Gasteiger partial charge on any atom is 0.219 e. The Balaban J connectivity index is 3.73. The summed E-state index contributed by atoms with van der Waals surface area (Å²) in [5.74, 6) is -0.139. The van der Waals surface area contributed by atoms with Gasteiger partial charge in [-0.05, 0) is 6.42 Å². The molecule has 0 aliphatic rings. The van der Waals surface area contributed by atoms with Crippen LogP contribution in [0, 0.1) is 0 Å². The summed E-state index contributed by atoms with van der Waals surface area (Å²) in [6.07, 6.45) is -3.43. The molecule has 0 heterocycles. The van der Waals surface area contributed by atoms with Crippen molar-refractivity contribution in [2.45, 2.75) is 38.1 Å². The maximum absolute atomic E-state index is 10.8. The van der Waals surface area contributed by atoms with E-state index in [4.69, 9.17) is 10.2 Å². The smallest absolute Gasteiger partial charge is 0.219 e. The number of hydrogen-bond acceptors (Lipinski definition) is 5. The zero-order valence-corrected chi connectivity index (χ0v) is 8.76. The molecule has 15 heavy (non-hydrogen) atoms. The van der Waals surface area contributed by atoms with Crippen molar-refractivity contribution >= 4 is 5.91 Å². The third-order valence-electron chi connectivity index (χ3n) is 2.06. The van der Waals surface area contributed by atoms with Gasteiger partial charge in [0.15, 0.2) is 0 Å². The van der Waals surface area contributed by atoms with Crippen LogP contribution in [0.15, 0.2) is 0 Å². The van der Waals surface area contributed by atoms with Crippen molar-refractivity contribution in [2.75, 3.05) is 13.2 Å². The van der Waals surface area contributed by atoms with E-state index in [0.29, 0.717) is 6.42 Å². The highest BCUT2D eigenvalue weighted by Gasteiger charge is 2.23. The first kappa shape index (κ1) is 14.3. The highest BCUT2D eigenvalue weighted by atomic mass is 16.4. The van der Waals surface area contributed by atoms with Gasteiger partial charge in [-0.1, -0.05) is 6.92 Å². The molecule has 6 nitrogen and oxygen atoms in total. The second kappa shape index (κ2) is 7.58. The number of amides is 1. The van der Waals surface area contributed by atoms with Crippen molar-refractivity contribution in [3.05, 3.63) is 0 Å². The average molecular weight is 221 g/mol. The molecule has 0 fully saturated rings. The van der Waals surface area contributed by atoms with Crippen LogP contribution in [0.2, 0.25) is 0 Å². The van der Waals surface area contributed by atoms with Crippen molar-refractivity contribution in [1.29, 1.82) is 0 Å². The highest BCUT2D eigenvalue weighted by molar-refractivity contribution is 5.75. The van der Waals surface area contributed by atoms with Crippen LogP contribution in [-0.4, -0.2) is 57.8 Å². The number of hydrogen-bond donors (Lipinski definition) is 5. The van der Waals surface area contributed by atoms with E-state index >= 15 is 0 Å². The number of carbonyl (C=O) groups excluding carboxylic acids is 1. The molecule has 0 aromatic carbocycles. The van der Waals surface area contributed by atoms with E-state index in [-0.39, 0.29) is 18.9 Å². The largest absolute Gasteiger partial charge is 0.394 e. The molecule has 0 unspecified atom stereocenters. The summed E-state index contributed by atoms with van der Waals surface area (Å²) in [4.78, 5) is 10.8. The molecule has 1 amide bonds. The van der Waals surface area contributed by atoms with Crippen LogP contribution in [0.1, 0.15) is 19.8 Å². The number of carbonyl (C=O) groups is 1. The minimum atomic E-state index is -1.39. The SMILES string of the molecule is CCC(=O)NCC[C@@H](O)[C@H](O)[C@H](O)CO. The van der Waals surface area contributed by atoms with E-state index in [2.05, 4.69) is 5.32 Å². The van der Waals surface area contributed by atoms with Crippen LogP contribution in [-0.2, 0) is 4.79 Å². The molecule has 0 spiro atoms. The Morgan fingerprint density at radius 2 is 1.87 bits per heavy atom. The maximum atomic E-state index is 10.8. The minimum Gasteiger partial charge on any atom is -0.394 e. The molecule has 3 atom stereocenters. The summed E-state index contributed by atoms with van der Waals surface area (Å²) in [7, 11) is 0.